The number of anilines is 1. The van der Waals surface area contributed by atoms with Crippen LogP contribution in [0.15, 0.2) is 35.1 Å². The zero-order valence-corrected chi connectivity index (χ0v) is 27.3. The third kappa shape index (κ3) is 6.01. The van der Waals surface area contributed by atoms with E-state index in [0.29, 0.717) is 31.2 Å². The summed E-state index contributed by atoms with van der Waals surface area (Å²) in [5, 5.41) is 18.9. The van der Waals surface area contributed by atoms with Crippen molar-refractivity contribution in [2.24, 2.45) is 0 Å². The Morgan fingerprint density at radius 2 is 1.96 bits per heavy atom. The van der Waals surface area contributed by atoms with E-state index in [9.17, 15) is 19.1 Å². The number of ether oxygens (including phenoxy) is 1. The number of carbonyl (C=O) groups excluding carboxylic acids is 1. The van der Waals surface area contributed by atoms with Crippen LogP contribution < -0.4 is 15.9 Å². The SMILES string of the molecule is C[C@@H]1CN(CC(=O)N2CC3(CC3)c3c2cc(Cc2ccc(F)cc2)c2nn(CC(C)(C)O)c(=O)n32)[C@@H](CN2CCOC[C@H]2C)CN1. The molecule has 1 amide bonds. The summed E-state index contributed by atoms with van der Waals surface area (Å²) in [5.41, 5.74) is 2.04. The van der Waals surface area contributed by atoms with Crippen LogP contribution >= 0.6 is 0 Å². The first kappa shape index (κ1) is 31.4. The largest absolute Gasteiger partial charge is 0.389 e. The number of pyridine rings is 1. The molecule has 7 rings (SSSR count). The standard InChI is InChI=1S/C34H46FN7O4/c1-22-16-39(27(15-36-22)17-38-11-12-46-19-23(38)2)18-29(43)40-21-34(9-10-34)30-28(40)14-25(13-24-5-7-26(35)8-6-24)31-37-41(20-33(3,4)45)32(44)42(30)31/h5-8,14,22-23,27,36,45H,9-13,15-21H2,1-4H3/t22-,23-,27-/m1/s1. The van der Waals surface area contributed by atoms with Crippen LogP contribution in [0.5, 0.6) is 0 Å². The molecule has 11 nitrogen and oxygen atoms in total. The number of piperazine rings is 1. The van der Waals surface area contributed by atoms with E-state index in [1.807, 2.05) is 11.0 Å². The zero-order chi connectivity index (χ0) is 32.4. The molecule has 1 spiro atoms. The predicted molar refractivity (Wildman–Crippen MR) is 173 cm³/mol. The van der Waals surface area contributed by atoms with Crippen molar-refractivity contribution in [1.29, 1.82) is 0 Å². The number of nitrogens with zero attached hydrogens (tertiary/aromatic N) is 6. The lowest BCUT2D eigenvalue weighted by molar-refractivity contribution is -0.121. The fourth-order valence-corrected chi connectivity index (χ4v) is 7.57. The number of carbonyl (C=O) groups is 1. The van der Waals surface area contributed by atoms with E-state index >= 15 is 0 Å². The number of rotatable bonds is 8. The average molecular weight is 636 g/mol. The third-order valence-electron chi connectivity index (χ3n) is 10.2. The summed E-state index contributed by atoms with van der Waals surface area (Å²) in [5.74, 6) is -0.284. The highest BCUT2D eigenvalue weighted by atomic mass is 19.1. The van der Waals surface area contributed by atoms with Crippen LogP contribution in [0, 0.1) is 5.82 Å². The molecule has 0 bridgehead atoms. The van der Waals surface area contributed by atoms with E-state index in [2.05, 4.69) is 29.0 Å². The summed E-state index contributed by atoms with van der Waals surface area (Å²) in [6, 6.07) is 9.14. The molecule has 3 atom stereocenters. The molecule has 1 aliphatic carbocycles. The molecule has 3 aromatic rings. The minimum absolute atomic E-state index is 0.0307. The lowest BCUT2D eigenvalue weighted by Gasteiger charge is -2.43. The first-order valence-corrected chi connectivity index (χ1v) is 16.6. The van der Waals surface area contributed by atoms with Crippen LogP contribution in [0.3, 0.4) is 0 Å². The van der Waals surface area contributed by atoms with E-state index in [4.69, 9.17) is 9.84 Å². The second-order valence-corrected chi connectivity index (χ2v) is 14.7. The van der Waals surface area contributed by atoms with E-state index < -0.39 is 5.60 Å². The number of hydrogen-bond donors (Lipinski definition) is 2. The molecule has 2 N–H and O–H groups in total. The number of benzene rings is 1. The Kier molecular flexibility index (Phi) is 8.08. The van der Waals surface area contributed by atoms with Crippen molar-refractivity contribution in [2.75, 3.05) is 57.4 Å². The van der Waals surface area contributed by atoms with Gasteiger partial charge in [-0.2, -0.15) is 0 Å². The lowest BCUT2D eigenvalue weighted by atomic mass is 10.0. The zero-order valence-electron chi connectivity index (χ0n) is 27.3. The van der Waals surface area contributed by atoms with Crippen molar-refractivity contribution < 1.29 is 19.0 Å². The Hall–Kier alpha value is -3.16. The number of aromatic nitrogens is 3. The van der Waals surface area contributed by atoms with Gasteiger partial charge in [0.2, 0.25) is 5.91 Å². The summed E-state index contributed by atoms with van der Waals surface area (Å²) in [6.45, 7) is 13.3. The number of amides is 1. The van der Waals surface area contributed by atoms with Gasteiger partial charge in [0.25, 0.3) is 0 Å². The lowest BCUT2D eigenvalue weighted by Crippen LogP contribution is -2.62. The molecule has 3 fully saturated rings. The maximum Gasteiger partial charge on any atom is 0.350 e. The minimum Gasteiger partial charge on any atom is -0.389 e. The molecule has 2 saturated heterocycles. The van der Waals surface area contributed by atoms with Crippen molar-refractivity contribution in [3.8, 4) is 0 Å². The fraction of sp³-hybridized carbons (Fsp3) is 0.618. The van der Waals surface area contributed by atoms with Crippen LogP contribution in [0.1, 0.15) is 57.4 Å². The van der Waals surface area contributed by atoms with Gasteiger partial charge in [-0.25, -0.2) is 18.3 Å². The van der Waals surface area contributed by atoms with Crippen molar-refractivity contribution >= 4 is 17.2 Å². The molecule has 4 aliphatic rings. The monoisotopic (exact) mass is 635 g/mol. The molecule has 12 heteroatoms. The molecular formula is C34H46FN7O4. The van der Waals surface area contributed by atoms with Gasteiger partial charge in [0.05, 0.1) is 43.3 Å². The summed E-state index contributed by atoms with van der Waals surface area (Å²) >= 11 is 0. The Morgan fingerprint density at radius 1 is 1.20 bits per heavy atom. The topological polar surface area (TPSA) is 108 Å². The Bertz CT molecular complexity index is 1680. The Labute approximate surface area is 268 Å². The predicted octanol–water partition coefficient (Wildman–Crippen LogP) is 1.76. The summed E-state index contributed by atoms with van der Waals surface area (Å²) in [4.78, 5) is 35.0. The normalized spacial score (nSPS) is 25.0. The van der Waals surface area contributed by atoms with Crippen LogP contribution in [0.25, 0.3) is 5.65 Å². The number of aliphatic hydroxyl groups is 1. The third-order valence-corrected chi connectivity index (χ3v) is 10.2. The Morgan fingerprint density at radius 3 is 2.65 bits per heavy atom. The van der Waals surface area contributed by atoms with E-state index in [1.165, 1.54) is 16.8 Å². The van der Waals surface area contributed by atoms with E-state index in [1.54, 1.807) is 30.4 Å². The van der Waals surface area contributed by atoms with Gasteiger partial charge in [-0.15, -0.1) is 5.10 Å². The quantitative estimate of drug-likeness (QED) is 0.386. The number of fused-ring (bicyclic) bond motifs is 4. The fourth-order valence-electron chi connectivity index (χ4n) is 7.57. The maximum absolute atomic E-state index is 14.4. The molecule has 46 heavy (non-hydrogen) atoms. The molecule has 0 unspecified atom stereocenters. The average Bonchev–Trinajstić information content (AvgIpc) is 3.62. The van der Waals surface area contributed by atoms with Crippen molar-refractivity contribution in [3.63, 3.8) is 0 Å². The van der Waals surface area contributed by atoms with Gasteiger partial charge >= 0.3 is 5.69 Å². The van der Waals surface area contributed by atoms with Gasteiger partial charge in [-0.3, -0.25) is 14.6 Å². The number of nitrogens with one attached hydrogen (secondary N) is 1. The van der Waals surface area contributed by atoms with E-state index in [-0.39, 0.29) is 41.5 Å². The van der Waals surface area contributed by atoms with Crippen molar-refractivity contribution in [2.45, 2.75) is 82.6 Å². The first-order valence-electron chi connectivity index (χ1n) is 16.6. The minimum atomic E-state index is -1.14. The summed E-state index contributed by atoms with van der Waals surface area (Å²) < 4.78 is 22.4. The molecule has 3 aliphatic heterocycles. The molecule has 248 valence electrons. The van der Waals surface area contributed by atoms with Crippen LogP contribution in [-0.4, -0.2) is 111 Å². The molecule has 0 radical (unpaired) electrons. The van der Waals surface area contributed by atoms with Gasteiger partial charge in [0.1, 0.15) is 5.82 Å². The van der Waals surface area contributed by atoms with Crippen LogP contribution in [-0.2, 0) is 27.9 Å². The molecule has 1 aromatic carbocycles. The molecule has 1 saturated carbocycles. The van der Waals surface area contributed by atoms with Gasteiger partial charge in [0.15, 0.2) is 5.65 Å². The van der Waals surface area contributed by atoms with Crippen LogP contribution in [0.2, 0.25) is 0 Å². The highest BCUT2D eigenvalue weighted by Crippen LogP contribution is 2.56. The second-order valence-electron chi connectivity index (χ2n) is 14.7. The molecular weight excluding hydrogens is 589 g/mol. The van der Waals surface area contributed by atoms with Crippen LogP contribution in [0.4, 0.5) is 10.1 Å². The van der Waals surface area contributed by atoms with Crippen molar-refractivity contribution in [1.82, 2.24) is 29.3 Å². The molecule has 5 heterocycles. The van der Waals surface area contributed by atoms with Gasteiger partial charge in [-0.05, 0) is 64.3 Å². The smallest absolute Gasteiger partial charge is 0.350 e. The van der Waals surface area contributed by atoms with Gasteiger partial charge in [-0.1, -0.05) is 12.1 Å². The maximum atomic E-state index is 14.4. The molecule has 2 aromatic heterocycles. The van der Waals surface area contributed by atoms with Gasteiger partial charge < -0.3 is 20.1 Å². The summed E-state index contributed by atoms with van der Waals surface area (Å²) in [7, 11) is 0. The van der Waals surface area contributed by atoms with Crippen molar-refractivity contribution in [3.05, 3.63) is 63.5 Å². The summed E-state index contributed by atoms with van der Waals surface area (Å²) in [6.07, 6.45) is 2.20. The highest BCUT2D eigenvalue weighted by molar-refractivity contribution is 5.98. The second kappa shape index (κ2) is 11.8. The Balaban J connectivity index is 1.25. The number of halogens is 1. The van der Waals surface area contributed by atoms with E-state index in [0.717, 1.165) is 74.7 Å². The number of hydrogen-bond acceptors (Lipinski definition) is 8. The van der Waals surface area contributed by atoms with Gasteiger partial charge in [0, 0.05) is 68.2 Å². The highest BCUT2D eigenvalue weighted by Gasteiger charge is 2.55. The number of morpholine rings is 1. The first-order chi connectivity index (χ1) is 21.9.